The average Bonchev–Trinajstić information content (AvgIpc) is 3.19. The van der Waals surface area contributed by atoms with Gasteiger partial charge in [-0.15, -0.1) is 0 Å². The summed E-state index contributed by atoms with van der Waals surface area (Å²) in [5, 5.41) is 9.78. The lowest BCUT2D eigenvalue weighted by Gasteiger charge is -2.40. The molecule has 1 saturated heterocycles. The van der Waals surface area contributed by atoms with Crippen molar-refractivity contribution in [3.8, 4) is 5.75 Å². The minimum Gasteiger partial charge on any atom is -0.508 e. The lowest BCUT2D eigenvalue weighted by molar-refractivity contribution is 0.0912. The topological polar surface area (TPSA) is 26.7 Å². The highest BCUT2D eigenvalue weighted by Gasteiger charge is 2.32. The molecule has 0 aliphatic carbocycles. The van der Waals surface area contributed by atoms with Crippen LogP contribution in [0.5, 0.6) is 5.75 Å². The molecule has 3 heteroatoms. The maximum atomic E-state index is 9.78. The molecule has 3 nitrogen and oxygen atoms in total. The number of hydrogen-bond acceptors (Lipinski definition) is 3. The monoisotopic (exact) mass is 384 g/mol. The Bertz CT molecular complexity index is 909. The molecule has 148 valence electrons. The number of piperidine rings is 1. The molecule has 0 radical (unpaired) electrons. The summed E-state index contributed by atoms with van der Waals surface area (Å²) in [5.74, 6) is 0.383. The standard InChI is InChI=1S/C26H28N2O/c29-25-12-11-22-18-28(19-23(22)17-25)24-13-15-27(16-14-24)26(20-7-3-1-4-8-20)21-9-5-2-6-10-21/h1-12,17,24,26,29H,13-16,18-19H2. The number of benzene rings is 3. The Morgan fingerprint density at radius 2 is 1.31 bits per heavy atom. The first-order valence-corrected chi connectivity index (χ1v) is 10.7. The molecule has 0 unspecified atom stereocenters. The van der Waals surface area contributed by atoms with Gasteiger partial charge in [-0.05, 0) is 47.2 Å². The molecule has 2 heterocycles. The van der Waals surface area contributed by atoms with Crippen LogP contribution < -0.4 is 0 Å². The molecule has 2 aliphatic rings. The second-order valence-corrected chi connectivity index (χ2v) is 8.35. The third-order valence-electron chi connectivity index (χ3n) is 6.55. The summed E-state index contributed by atoms with van der Waals surface area (Å²) in [7, 11) is 0. The largest absolute Gasteiger partial charge is 0.508 e. The molecule has 0 saturated carbocycles. The second kappa shape index (κ2) is 8.02. The first-order valence-electron chi connectivity index (χ1n) is 10.7. The van der Waals surface area contributed by atoms with Gasteiger partial charge < -0.3 is 5.11 Å². The molecule has 0 amide bonds. The van der Waals surface area contributed by atoms with Gasteiger partial charge in [-0.2, -0.15) is 0 Å². The van der Waals surface area contributed by atoms with Crippen molar-refractivity contribution in [2.24, 2.45) is 0 Å². The third kappa shape index (κ3) is 3.81. The van der Waals surface area contributed by atoms with Gasteiger partial charge in [0.15, 0.2) is 0 Å². The molecule has 5 rings (SSSR count). The van der Waals surface area contributed by atoms with E-state index >= 15 is 0 Å². The highest BCUT2D eigenvalue weighted by Crippen LogP contribution is 2.34. The molecule has 3 aromatic rings. The Labute approximate surface area is 173 Å². The van der Waals surface area contributed by atoms with Crippen LogP contribution in [0, 0.1) is 0 Å². The molecular formula is C26H28N2O. The lowest BCUT2D eigenvalue weighted by Crippen LogP contribution is -2.44. The Balaban J connectivity index is 1.30. The van der Waals surface area contributed by atoms with Gasteiger partial charge in [0.05, 0.1) is 6.04 Å². The predicted molar refractivity (Wildman–Crippen MR) is 117 cm³/mol. The van der Waals surface area contributed by atoms with E-state index in [4.69, 9.17) is 0 Å². The summed E-state index contributed by atoms with van der Waals surface area (Å²) in [4.78, 5) is 5.25. The zero-order chi connectivity index (χ0) is 19.6. The normalized spacial score (nSPS) is 18.2. The fourth-order valence-corrected chi connectivity index (χ4v) is 5.06. The minimum absolute atomic E-state index is 0.325. The van der Waals surface area contributed by atoms with E-state index in [9.17, 15) is 5.11 Å². The highest BCUT2D eigenvalue weighted by atomic mass is 16.3. The summed E-state index contributed by atoms with van der Waals surface area (Å²) in [6, 6.07) is 28.6. The van der Waals surface area contributed by atoms with Crippen LogP contribution in [0.15, 0.2) is 78.9 Å². The number of nitrogens with zero attached hydrogens (tertiary/aromatic N) is 2. The number of hydrogen-bond donors (Lipinski definition) is 1. The maximum absolute atomic E-state index is 9.78. The molecule has 0 aromatic heterocycles. The highest BCUT2D eigenvalue weighted by molar-refractivity contribution is 5.37. The van der Waals surface area contributed by atoms with Crippen molar-refractivity contribution >= 4 is 0 Å². The first kappa shape index (κ1) is 18.4. The van der Waals surface area contributed by atoms with E-state index in [2.05, 4.69) is 76.5 Å². The van der Waals surface area contributed by atoms with Crippen LogP contribution in [-0.2, 0) is 13.1 Å². The van der Waals surface area contributed by atoms with E-state index in [-0.39, 0.29) is 0 Å². The molecule has 0 spiro atoms. The third-order valence-corrected chi connectivity index (χ3v) is 6.55. The summed E-state index contributed by atoms with van der Waals surface area (Å²) in [6.07, 6.45) is 2.38. The number of rotatable bonds is 4. The van der Waals surface area contributed by atoms with Crippen LogP contribution in [0.3, 0.4) is 0 Å². The van der Waals surface area contributed by atoms with Crippen LogP contribution in [0.2, 0.25) is 0 Å². The van der Waals surface area contributed by atoms with Gasteiger partial charge in [0.25, 0.3) is 0 Å². The van der Waals surface area contributed by atoms with Gasteiger partial charge in [0.2, 0.25) is 0 Å². The van der Waals surface area contributed by atoms with Crippen molar-refractivity contribution in [3.05, 3.63) is 101 Å². The zero-order valence-electron chi connectivity index (χ0n) is 16.7. The van der Waals surface area contributed by atoms with E-state index < -0.39 is 0 Å². The zero-order valence-corrected chi connectivity index (χ0v) is 16.7. The van der Waals surface area contributed by atoms with Crippen LogP contribution >= 0.6 is 0 Å². The molecular weight excluding hydrogens is 356 g/mol. The van der Waals surface area contributed by atoms with E-state index in [0.29, 0.717) is 17.8 Å². The quantitative estimate of drug-likeness (QED) is 0.689. The summed E-state index contributed by atoms with van der Waals surface area (Å²) in [6.45, 7) is 4.20. The van der Waals surface area contributed by atoms with Gasteiger partial charge in [0.1, 0.15) is 5.75 Å². The van der Waals surface area contributed by atoms with E-state index in [1.807, 2.05) is 12.1 Å². The van der Waals surface area contributed by atoms with Crippen molar-refractivity contribution in [3.63, 3.8) is 0 Å². The fourth-order valence-electron chi connectivity index (χ4n) is 5.06. The smallest absolute Gasteiger partial charge is 0.115 e. The van der Waals surface area contributed by atoms with Crippen LogP contribution in [0.1, 0.15) is 41.1 Å². The van der Waals surface area contributed by atoms with E-state index in [0.717, 1.165) is 26.2 Å². The number of fused-ring (bicyclic) bond motifs is 1. The summed E-state index contributed by atoms with van der Waals surface area (Å²) >= 11 is 0. The van der Waals surface area contributed by atoms with Crippen molar-refractivity contribution in [2.75, 3.05) is 13.1 Å². The molecule has 0 bridgehead atoms. The van der Waals surface area contributed by atoms with Gasteiger partial charge in [-0.3, -0.25) is 9.80 Å². The van der Waals surface area contributed by atoms with Gasteiger partial charge in [0, 0.05) is 32.2 Å². The van der Waals surface area contributed by atoms with Crippen molar-refractivity contribution in [2.45, 2.75) is 38.0 Å². The average molecular weight is 385 g/mol. The second-order valence-electron chi connectivity index (χ2n) is 8.35. The Morgan fingerprint density at radius 1 is 0.724 bits per heavy atom. The Kier molecular flexibility index (Phi) is 5.09. The predicted octanol–water partition coefficient (Wildman–Crippen LogP) is 4.96. The SMILES string of the molecule is Oc1ccc2c(c1)CN(C1CCN(C(c3ccccc3)c3ccccc3)CC1)C2. The Hall–Kier alpha value is -2.62. The van der Waals surface area contributed by atoms with E-state index in [1.165, 1.54) is 35.1 Å². The van der Waals surface area contributed by atoms with Crippen LogP contribution in [0.25, 0.3) is 0 Å². The summed E-state index contributed by atoms with van der Waals surface area (Å²) < 4.78 is 0. The molecule has 1 fully saturated rings. The van der Waals surface area contributed by atoms with Gasteiger partial charge >= 0.3 is 0 Å². The first-order chi connectivity index (χ1) is 14.3. The number of phenolic OH excluding ortho intramolecular Hbond substituents is 1. The summed E-state index contributed by atoms with van der Waals surface area (Å²) in [5.41, 5.74) is 5.41. The maximum Gasteiger partial charge on any atom is 0.115 e. The van der Waals surface area contributed by atoms with Crippen molar-refractivity contribution < 1.29 is 5.11 Å². The molecule has 29 heavy (non-hydrogen) atoms. The van der Waals surface area contributed by atoms with Crippen molar-refractivity contribution in [1.82, 2.24) is 9.80 Å². The van der Waals surface area contributed by atoms with E-state index in [1.54, 1.807) is 0 Å². The number of likely N-dealkylation sites (tertiary alicyclic amines) is 1. The number of aromatic hydroxyl groups is 1. The fraction of sp³-hybridized carbons (Fsp3) is 0.308. The van der Waals surface area contributed by atoms with Gasteiger partial charge in [-0.1, -0.05) is 66.7 Å². The number of phenols is 1. The van der Waals surface area contributed by atoms with Crippen molar-refractivity contribution in [1.29, 1.82) is 0 Å². The minimum atomic E-state index is 0.325. The molecule has 1 N–H and O–H groups in total. The molecule has 2 aliphatic heterocycles. The lowest BCUT2D eigenvalue weighted by atomic mass is 9.93. The van der Waals surface area contributed by atoms with Crippen LogP contribution in [-0.4, -0.2) is 34.0 Å². The van der Waals surface area contributed by atoms with Gasteiger partial charge in [-0.25, -0.2) is 0 Å². The molecule has 3 aromatic carbocycles. The van der Waals surface area contributed by atoms with Crippen LogP contribution in [0.4, 0.5) is 0 Å². The Morgan fingerprint density at radius 3 is 1.93 bits per heavy atom. The molecule has 0 atom stereocenters.